The Morgan fingerprint density at radius 3 is 2.65 bits per heavy atom. The summed E-state index contributed by atoms with van der Waals surface area (Å²) in [6.45, 7) is 2.21. The van der Waals surface area contributed by atoms with Crippen molar-refractivity contribution in [1.29, 1.82) is 0 Å². The van der Waals surface area contributed by atoms with Gasteiger partial charge >= 0.3 is 5.97 Å². The Hall–Kier alpha value is -3.51. The minimum Gasteiger partial charge on any atom is -0.494 e. The van der Waals surface area contributed by atoms with E-state index in [1.54, 1.807) is 54.6 Å². The molecule has 0 spiro atoms. The fourth-order valence-electron chi connectivity index (χ4n) is 3.05. The standard InChI is InChI=1S/C24H19ClO6/c1-15-6-11-18-20(14-15)30-23(19-4-2-13-29-19)24(22(18)27)31-21(26)5-3-12-28-17-9-7-16(25)8-10-17/h2,4,6-11,13-14H,3,5,12H2,1H3. The van der Waals surface area contributed by atoms with E-state index in [0.29, 0.717) is 40.5 Å². The van der Waals surface area contributed by atoms with Gasteiger partial charge in [-0.05, 0) is 67.4 Å². The summed E-state index contributed by atoms with van der Waals surface area (Å²) < 4.78 is 22.3. The lowest BCUT2D eigenvalue weighted by molar-refractivity contribution is -0.134. The van der Waals surface area contributed by atoms with Crippen LogP contribution in [0.2, 0.25) is 5.02 Å². The molecule has 0 aliphatic heterocycles. The number of fused-ring (bicyclic) bond motifs is 1. The Labute approximate surface area is 183 Å². The van der Waals surface area contributed by atoms with E-state index in [4.69, 9.17) is 29.9 Å². The molecule has 0 aliphatic rings. The van der Waals surface area contributed by atoms with E-state index >= 15 is 0 Å². The highest BCUT2D eigenvalue weighted by atomic mass is 35.5. The number of benzene rings is 2. The molecule has 158 valence electrons. The van der Waals surface area contributed by atoms with E-state index < -0.39 is 11.4 Å². The van der Waals surface area contributed by atoms with Gasteiger partial charge in [-0.15, -0.1) is 0 Å². The molecule has 0 fully saturated rings. The summed E-state index contributed by atoms with van der Waals surface area (Å²) in [5.41, 5.74) is 0.900. The number of hydrogen-bond acceptors (Lipinski definition) is 6. The topological polar surface area (TPSA) is 78.9 Å². The molecule has 4 aromatic rings. The summed E-state index contributed by atoms with van der Waals surface area (Å²) in [7, 11) is 0. The Morgan fingerprint density at radius 2 is 1.90 bits per heavy atom. The zero-order chi connectivity index (χ0) is 21.8. The van der Waals surface area contributed by atoms with Gasteiger partial charge in [-0.1, -0.05) is 17.7 Å². The third-order valence-corrected chi connectivity index (χ3v) is 4.83. The molecular formula is C24H19ClO6. The summed E-state index contributed by atoms with van der Waals surface area (Å²) in [6, 6.07) is 15.4. The second-order valence-electron chi connectivity index (χ2n) is 6.95. The van der Waals surface area contributed by atoms with Crippen molar-refractivity contribution in [2.24, 2.45) is 0 Å². The Bertz CT molecular complexity index is 1260. The second-order valence-corrected chi connectivity index (χ2v) is 7.38. The van der Waals surface area contributed by atoms with Crippen molar-refractivity contribution < 1.29 is 23.1 Å². The fraction of sp³-hybridized carbons (Fsp3) is 0.167. The fourth-order valence-corrected chi connectivity index (χ4v) is 3.17. The van der Waals surface area contributed by atoms with E-state index in [0.717, 1.165) is 5.56 Å². The first-order valence-electron chi connectivity index (χ1n) is 9.71. The first-order chi connectivity index (χ1) is 15.0. The lowest BCUT2D eigenvalue weighted by Crippen LogP contribution is -2.16. The zero-order valence-corrected chi connectivity index (χ0v) is 17.5. The van der Waals surface area contributed by atoms with E-state index in [1.165, 1.54) is 6.26 Å². The normalized spacial score (nSPS) is 10.9. The third kappa shape index (κ3) is 4.81. The second kappa shape index (κ2) is 9.10. The van der Waals surface area contributed by atoms with Crippen LogP contribution in [0.5, 0.6) is 11.5 Å². The summed E-state index contributed by atoms with van der Waals surface area (Å²) in [5, 5.41) is 0.947. The van der Waals surface area contributed by atoms with Crippen LogP contribution in [0.1, 0.15) is 18.4 Å². The van der Waals surface area contributed by atoms with E-state index in [2.05, 4.69) is 0 Å². The van der Waals surface area contributed by atoms with Gasteiger partial charge in [-0.2, -0.15) is 0 Å². The molecule has 0 aliphatic carbocycles. The van der Waals surface area contributed by atoms with Gasteiger partial charge < -0.3 is 18.3 Å². The van der Waals surface area contributed by atoms with Crippen molar-refractivity contribution in [2.45, 2.75) is 19.8 Å². The monoisotopic (exact) mass is 438 g/mol. The highest BCUT2D eigenvalue weighted by molar-refractivity contribution is 6.30. The van der Waals surface area contributed by atoms with Gasteiger partial charge in [0.25, 0.3) is 0 Å². The molecule has 2 aromatic carbocycles. The van der Waals surface area contributed by atoms with Crippen LogP contribution in [-0.4, -0.2) is 12.6 Å². The summed E-state index contributed by atoms with van der Waals surface area (Å²) in [4.78, 5) is 25.4. The minimum atomic E-state index is -0.564. The van der Waals surface area contributed by atoms with Gasteiger partial charge in [0.15, 0.2) is 5.76 Å². The molecule has 0 atom stereocenters. The minimum absolute atomic E-state index is 0.0660. The van der Waals surface area contributed by atoms with Gasteiger partial charge in [-0.25, -0.2) is 0 Å². The molecule has 0 amide bonds. The van der Waals surface area contributed by atoms with E-state index in [9.17, 15) is 9.59 Å². The van der Waals surface area contributed by atoms with Crippen LogP contribution in [0.3, 0.4) is 0 Å². The number of carbonyl (C=O) groups excluding carboxylic acids is 1. The quantitative estimate of drug-likeness (QED) is 0.269. The summed E-state index contributed by atoms with van der Waals surface area (Å²) in [6.07, 6.45) is 1.93. The summed E-state index contributed by atoms with van der Waals surface area (Å²) >= 11 is 5.84. The van der Waals surface area contributed by atoms with Crippen LogP contribution in [0.4, 0.5) is 0 Å². The molecule has 6 nitrogen and oxygen atoms in total. The van der Waals surface area contributed by atoms with Crippen LogP contribution in [0, 0.1) is 6.92 Å². The van der Waals surface area contributed by atoms with Gasteiger partial charge in [0, 0.05) is 11.4 Å². The number of ether oxygens (including phenoxy) is 2. The average Bonchev–Trinajstić information content (AvgIpc) is 3.29. The lowest BCUT2D eigenvalue weighted by atomic mass is 10.1. The Balaban J connectivity index is 1.50. The molecule has 0 radical (unpaired) electrons. The number of carbonyl (C=O) groups is 1. The summed E-state index contributed by atoms with van der Waals surface area (Å²) in [5.74, 6) is 0.290. The molecule has 0 bridgehead atoms. The first-order valence-corrected chi connectivity index (χ1v) is 10.1. The van der Waals surface area contributed by atoms with Crippen molar-refractivity contribution >= 4 is 28.5 Å². The molecular weight excluding hydrogens is 420 g/mol. The molecule has 0 unspecified atom stereocenters. The molecule has 4 rings (SSSR count). The van der Waals surface area contributed by atoms with Crippen LogP contribution < -0.4 is 14.9 Å². The Kier molecular flexibility index (Phi) is 6.09. The number of halogens is 1. The number of hydrogen-bond donors (Lipinski definition) is 0. The van der Waals surface area contributed by atoms with Crippen molar-refractivity contribution in [3.05, 3.63) is 81.7 Å². The van der Waals surface area contributed by atoms with Crippen molar-refractivity contribution in [3.63, 3.8) is 0 Å². The third-order valence-electron chi connectivity index (χ3n) is 4.57. The Morgan fingerprint density at radius 1 is 1.10 bits per heavy atom. The van der Waals surface area contributed by atoms with Gasteiger partial charge in [-0.3, -0.25) is 9.59 Å². The molecule has 0 saturated carbocycles. The molecule has 31 heavy (non-hydrogen) atoms. The molecule has 0 saturated heterocycles. The van der Waals surface area contributed by atoms with Gasteiger partial charge in [0.05, 0.1) is 18.3 Å². The maximum atomic E-state index is 13.0. The van der Waals surface area contributed by atoms with Gasteiger partial charge in [0.1, 0.15) is 11.3 Å². The lowest BCUT2D eigenvalue weighted by Gasteiger charge is -2.10. The maximum absolute atomic E-state index is 13.0. The smallest absolute Gasteiger partial charge is 0.311 e. The van der Waals surface area contributed by atoms with Crippen LogP contribution in [-0.2, 0) is 4.79 Å². The average molecular weight is 439 g/mol. The largest absolute Gasteiger partial charge is 0.494 e. The molecule has 0 N–H and O–H groups in total. The maximum Gasteiger partial charge on any atom is 0.311 e. The van der Waals surface area contributed by atoms with Crippen molar-refractivity contribution in [1.82, 2.24) is 0 Å². The highest BCUT2D eigenvalue weighted by Crippen LogP contribution is 2.31. The number of esters is 1. The number of furan rings is 1. The van der Waals surface area contributed by atoms with Crippen LogP contribution in [0.25, 0.3) is 22.5 Å². The number of aryl methyl sites for hydroxylation is 1. The molecule has 2 heterocycles. The molecule has 7 heteroatoms. The SMILES string of the molecule is Cc1ccc2c(=O)c(OC(=O)CCCOc3ccc(Cl)cc3)c(-c3ccco3)oc2c1. The van der Waals surface area contributed by atoms with Crippen LogP contribution in [0.15, 0.2) is 74.5 Å². The van der Waals surface area contributed by atoms with Crippen molar-refractivity contribution in [2.75, 3.05) is 6.61 Å². The predicted octanol–water partition coefficient (Wildman–Crippen LogP) is 5.78. The first kappa shape index (κ1) is 20.8. The van der Waals surface area contributed by atoms with Crippen molar-refractivity contribution in [3.8, 4) is 23.0 Å². The number of rotatable bonds is 7. The molecule has 2 aromatic heterocycles. The zero-order valence-electron chi connectivity index (χ0n) is 16.7. The van der Waals surface area contributed by atoms with E-state index in [-0.39, 0.29) is 17.9 Å². The van der Waals surface area contributed by atoms with Crippen LogP contribution >= 0.6 is 11.6 Å². The predicted molar refractivity (Wildman–Crippen MR) is 117 cm³/mol. The van der Waals surface area contributed by atoms with Gasteiger partial charge in [0.2, 0.25) is 16.9 Å². The van der Waals surface area contributed by atoms with E-state index in [1.807, 2.05) is 6.92 Å². The highest BCUT2D eigenvalue weighted by Gasteiger charge is 2.22.